The number of aromatic hydroxyl groups is 1. The standard InChI is InChI=1S/C17H17NO/c19-17-7-3-6-14-15(17)8-9-16(14)18-10-12-4-1-2-5-13(12)11-18/h1-7,16,19H,8-11H2. The van der Waals surface area contributed by atoms with Crippen molar-refractivity contribution in [3.63, 3.8) is 0 Å². The van der Waals surface area contributed by atoms with E-state index >= 15 is 0 Å². The van der Waals surface area contributed by atoms with E-state index in [0.29, 0.717) is 11.8 Å². The van der Waals surface area contributed by atoms with Gasteiger partial charge in [0.1, 0.15) is 5.75 Å². The third-order valence-electron chi connectivity index (χ3n) is 4.52. The van der Waals surface area contributed by atoms with Crippen LogP contribution in [0, 0.1) is 0 Å². The minimum Gasteiger partial charge on any atom is -0.508 e. The molecule has 1 aliphatic heterocycles. The van der Waals surface area contributed by atoms with Crippen molar-refractivity contribution in [2.45, 2.75) is 32.0 Å². The van der Waals surface area contributed by atoms with Crippen LogP contribution in [0.1, 0.15) is 34.7 Å². The van der Waals surface area contributed by atoms with Gasteiger partial charge in [0.15, 0.2) is 0 Å². The summed E-state index contributed by atoms with van der Waals surface area (Å²) in [7, 11) is 0. The van der Waals surface area contributed by atoms with Crippen LogP contribution in [-0.4, -0.2) is 10.0 Å². The van der Waals surface area contributed by atoms with Crippen molar-refractivity contribution >= 4 is 0 Å². The molecule has 1 unspecified atom stereocenters. The fourth-order valence-electron chi connectivity index (χ4n) is 3.57. The van der Waals surface area contributed by atoms with E-state index in [1.807, 2.05) is 6.07 Å². The topological polar surface area (TPSA) is 23.5 Å². The molecule has 0 saturated carbocycles. The van der Waals surface area contributed by atoms with Gasteiger partial charge in [-0.25, -0.2) is 0 Å². The lowest BCUT2D eigenvalue weighted by molar-refractivity contribution is 0.200. The molecule has 2 aromatic rings. The quantitative estimate of drug-likeness (QED) is 0.839. The molecule has 0 radical (unpaired) electrons. The van der Waals surface area contributed by atoms with Gasteiger partial charge in [-0.15, -0.1) is 0 Å². The predicted molar refractivity (Wildman–Crippen MR) is 74.9 cm³/mol. The molecule has 1 N–H and O–H groups in total. The van der Waals surface area contributed by atoms with Crippen LogP contribution in [0.4, 0.5) is 0 Å². The Balaban J connectivity index is 1.66. The van der Waals surface area contributed by atoms with Crippen molar-refractivity contribution < 1.29 is 5.11 Å². The van der Waals surface area contributed by atoms with Gasteiger partial charge in [-0.3, -0.25) is 4.90 Å². The van der Waals surface area contributed by atoms with Crippen molar-refractivity contribution in [1.29, 1.82) is 0 Å². The molecule has 1 aliphatic carbocycles. The van der Waals surface area contributed by atoms with Crippen molar-refractivity contribution in [3.05, 3.63) is 64.7 Å². The molecule has 1 heterocycles. The Morgan fingerprint density at radius 1 is 0.947 bits per heavy atom. The Morgan fingerprint density at radius 3 is 2.42 bits per heavy atom. The van der Waals surface area contributed by atoms with Crippen LogP contribution < -0.4 is 0 Å². The van der Waals surface area contributed by atoms with Crippen LogP contribution in [0.2, 0.25) is 0 Å². The van der Waals surface area contributed by atoms with Gasteiger partial charge in [0, 0.05) is 19.1 Å². The molecule has 2 nitrogen and oxygen atoms in total. The second-order valence-corrected chi connectivity index (χ2v) is 5.57. The van der Waals surface area contributed by atoms with Gasteiger partial charge >= 0.3 is 0 Å². The average Bonchev–Trinajstić information content (AvgIpc) is 3.02. The van der Waals surface area contributed by atoms with Gasteiger partial charge in [0.05, 0.1) is 0 Å². The lowest BCUT2D eigenvalue weighted by Crippen LogP contribution is -2.21. The van der Waals surface area contributed by atoms with Crippen molar-refractivity contribution in [3.8, 4) is 5.75 Å². The van der Waals surface area contributed by atoms with Crippen LogP contribution in [0.15, 0.2) is 42.5 Å². The third kappa shape index (κ3) is 1.67. The first-order chi connectivity index (χ1) is 9.33. The Morgan fingerprint density at radius 2 is 1.68 bits per heavy atom. The van der Waals surface area contributed by atoms with Crippen LogP contribution in [0.5, 0.6) is 5.75 Å². The first kappa shape index (κ1) is 11.1. The zero-order valence-corrected chi connectivity index (χ0v) is 10.8. The van der Waals surface area contributed by atoms with E-state index in [-0.39, 0.29) is 0 Å². The summed E-state index contributed by atoms with van der Waals surface area (Å²) in [5.74, 6) is 0.469. The van der Waals surface area contributed by atoms with E-state index in [2.05, 4.69) is 35.2 Å². The molecule has 1 atom stereocenters. The molecule has 2 aromatic carbocycles. The average molecular weight is 251 g/mol. The molecule has 0 spiro atoms. The lowest BCUT2D eigenvalue weighted by atomic mass is 10.1. The van der Waals surface area contributed by atoms with E-state index < -0.39 is 0 Å². The highest BCUT2D eigenvalue weighted by Crippen LogP contribution is 2.42. The molecular formula is C17H17NO. The van der Waals surface area contributed by atoms with Gasteiger partial charge in [0.25, 0.3) is 0 Å². The summed E-state index contributed by atoms with van der Waals surface area (Å²) in [4.78, 5) is 2.54. The molecule has 19 heavy (non-hydrogen) atoms. The Bertz CT molecular complexity index is 610. The van der Waals surface area contributed by atoms with E-state index in [1.54, 1.807) is 6.07 Å². The number of nitrogens with zero attached hydrogens (tertiary/aromatic N) is 1. The Labute approximate surface area is 113 Å². The predicted octanol–water partition coefficient (Wildman–Crippen LogP) is 3.40. The number of fused-ring (bicyclic) bond motifs is 2. The monoisotopic (exact) mass is 251 g/mol. The zero-order valence-electron chi connectivity index (χ0n) is 10.8. The molecule has 0 fully saturated rings. The smallest absolute Gasteiger partial charge is 0.119 e. The third-order valence-corrected chi connectivity index (χ3v) is 4.52. The van der Waals surface area contributed by atoms with Gasteiger partial charge in [-0.05, 0) is 41.2 Å². The largest absolute Gasteiger partial charge is 0.508 e. The molecule has 0 saturated heterocycles. The van der Waals surface area contributed by atoms with Crippen LogP contribution in [-0.2, 0) is 19.5 Å². The summed E-state index contributed by atoms with van der Waals surface area (Å²) in [5.41, 5.74) is 5.39. The lowest BCUT2D eigenvalue weighted by Gasteiger charge is -2.24. The molecule has 96 valence electrons. The molecule has 2 aliphatic rings. The van der Waals surface area contributed by atoms with Gasteiger partial charge in [-0.2, -0.15) is 0 Å². The van der Waals surface area contributed by atoms with Crippen molar-refractivity contribution in [2.75, 3.05) is 0 Å². The number of hydrogen-bond donors (Lipinski definition) is 1. The fourth-order valence-corrected chi connectivity index (χ4v) is 3.57. The summed E-state index contributed by atoms with van der Waals surface area (Å²) >= 11 is 0. The van der Waals surface area contributed by atoms with E-state index in [4.69, 9.17) is 0 Å². The summed E-state index contributed by atoms with van der Waals surface area (Å²) in [6, 6.07) is 15.1. The first-order valence-corrected chi connectivity index (χ1v) is 6.94. The van der Waals surface area contributed by atoms with Crippen molar-refractivity contribution in [2.24, 2.45) is 0 Å². The SMILES string of the molecule is Oc1cccc2c1CCC2N1Cc2ccccc2C1. The van der Waals surface area contributed by atoms with Crippen LogP contribution >= 0.6 is 0 Å². The zero-order chi connectivity index (χ0) is 12.8. The normalized spacial score (nSPS) is 21.4. The van der Waals surface area contributed by atoms with E-state index in [1.165, 1.54) is 16.7 Å². The second-order valence-electron chi connectivity index (χ2n) is 5.57. The molecule has 0 bridgehead atoms. The van der Waals surface area contributed by atoms with E-state index in [9.17, 15) is 5.11 Å². The Kier molecular flexibility index (Phi) is 2.39. The molecule has 4 rings (SSSR count). The van der Waals surface area contributed by atoms with Gasteiger partial charge < -0.3 is 5.11 Å². The second kappa shape index (κ2) is 4.10. The summed E-state index contributed by atoms with van der Waals surface area (Å²) in [6.45, 7) is 2.08. The first-order valence-electron chi connectivity index (χ1n) is 6.94. The van der Waals surface area contributed by atoms with Gasteiger partial charge in [0.2, 0.25) is 0 Å². The van der Waals surface area contributed by atoms with Crippen LogP contribution in [0.3, 0.4) is 0 Å². The minimum absolute atomic E-state index is 0.467. The molecule has 2 heteroatoms. The molecule has 0 aromatic heterocycles. The number of rotatable bonds is 1. The van der Waals surface area contributed by atoms with E-state index in [0.717, 1.165) is 31.5 Å². The Hall–Kier alpha value is -1.80. The summed E-state index contributed by atoms with van der Waals surface area (Å²) < 4.78 is 0. The molecule has 0 amide bonds. The minimum atomic E-state index is 0.467. The highest BCUT2D eigenvalue weighted by atomic mass is 16.3. The summed E-state index contributed by atoms with van der Waals surface area (Å²) in [5, 5.41) is 9.95. The highest BCUT2D eigenvalue weighted by Gasteiger charge is 2.32. The summed E-state index contributed by atoms with van der Waals surface area (Å²) in [6.07, 6.45) is 2.13. The van der Waals surface area contributed by atoms with Crippen LogP contribution in [0.25, 0.3) is 0 Å². The fraction of sp³-hybridized carbons (Fsp3) is 0.294. The highest BCUT2D eigenvalue weighted by molar-refractivity contribution is 5.45. The number of phenolic OH excluding ortho intramolecular Hbond substituents is 1. The number of phenols is 1. The maximum absolute atomic E-state index is 9.95. The van der Waals surface area contributed by atoms with Crippen molar-refractivity contribution in [1.82, 2.24) is 4.90 Å². The maximum Gasteiger partial charge on any atom is 0.119 e. The maximum atomic E-state index is 9.95. The van der Waals surface area contributed by atoms with Gasteiger partial charge in [-0.1, -0.05) is 36.4 Å². The molecular weight excluding hydrogens is 234 g/mol. The number of benzene rings is 2. The number of hydrogen-bond acceptors (Lipinski definition) is 2.